The Morgan fingerprint density at radius 2 is 2.43 bits per heavy atom. The summed E-state index contributed by atoms with van der Waals surface area (Å²) in [4.78, 5) is 21.9. The number of nitrogens with zero attached hydrogens (tertiary/aromatic N) is 2. The maximum absolute atomic E-state index is 12.3. The van der Waals surface area contributed by atoms with E-state index in [9.17, 15) is 4.79 Å². The summed E-state index contributed by atoms with van der Waals surface area (Å²) in [5.74, 6) is 0.927. The first kappa shape index (κ1) is 15.7. The van der Waals surface area contributed by atoms with Crippen molar-refractivity contribution in [3.63, 3.8) is 0 Å². The fourth-order valence-electron chi connectivity index (χ4n) is 3.05. The molecule has 3 N–H and O–H groups in total. The molecule has 1 atom stereocenters. The molecule has 23 heavy (non-hydrogen) atoms. The number of aliphatic hydroxyl groups is 1. The van der Waals surface area contributed by atoms with Gasteiger partial charge in [0.1, 0.15) is 12.4 Å². The highest BCUT2D eigenvalue weighted by Crippen LogP contribution is 2.16. The maximum Gasteiger partial charge on any atom is 0.251 e. The molecule has 0 unspecified atom stereocenters. The molecule has 1 aliphatic rings. The SMILES string of the molecule is C=CCN1CC[C@@H](CNC(=O)c2ccc3nc(CO)[nH]c3c2)C1. The Morgan fingerprint density at radius 3 is 3.22 bits per heavy atom. The van der Waals surface area contributed by atoms with E-state index < -0.39 is 0 Å². The van der Waals surface area contributed by atoms with Crippen LogP contribution in [0, 0.1) is 5.92 Å². The van der Waals surface area contributed by atoms with Gasteiger partial charge in [-0.3, -0.25) is 9.69 Å². The molecule has 2 aromatic rings. The number of H-pyrrole nitrogens is 1. The van der Waals surface area contributed by atoms with Crippen molar-refractivity contribution in [2.75, 3.05) is 26.2 Å². The Balaban J connectivity index is 1.59. The first-order chi connectivity index (χ1) is 11.2. The lowest BCUT2D eigenvalue weighted by molar-refractivity contribution is 0.0947. The van der Waals surface area contributed by atoms with Crippen molar-refractivity contribution in [3.05, 3.63) is 42.2 Å². The van der Waals surface area contributed by atoms with Gasteiger partial charge in [0.25, 0.3) is 5.91 Å². The van der Waals surface area contributed by atoms with Crippen LogP contribution in [0.5, 0.6) is 0 Å². The van der Waals surface area contributed by atoms with Crippen LogP contribution < -0.4 is 5.32 Å². The standard InChI is InChI=1S/C17H22N4O2/c1-2-6-21-7-5-12(10-21)9-18-17(23)13-3-4-14-15(8-13)20-16(11-22)19-14/h2-4,8,12,22H,1,5-7,9-11H2,(H,18,23)(H,19,20)/t12-/m0/s1. The number of fused-ring (bicyclic) bond motifs is 1. The third-order valence-electron chi connectivity index (χ3n) is 4.25. The third-order valence-corrected chi connectivity index (χ3v) is 4.25. The second kappa shape index (κ2) is 6.93. The van der Waals surface area contributed by atoms with Crippen LogP contribution in [0.25, 0.3) is 11.0 Å². The molecule has 0 spiro atoms. The van der Waals surface area contributed by atoms with Gasteiger partial charge in [-0.2, -0.15) is 0 Å². The molecule has 0 radical (unpaired) electrons. The van der Waals surface area contributed by atoms with E-state index in [2.05, 4.69) is 26.8 Å². The zero-order chi connectivity index (χ0) is 16.2. The number of benzene rings is 1. The zero-order valence-corrected chi connectivity index (χ0v) is 13.1. The predicted octanol–water partition coefficient (Wildman–Crippen LogP) is 1.29. The second-order valence-corrected chi connectivity index (χ2v) is 5.99. The Bertz CT molecular complexity index is 710. The number of hydrogen-bond donors (Lipinski definition) is 3. The van der Waals surface area contributed by atoms with E-state index >= 15 is 0 Å². The third kappa shape index (κ3) is 3.60. The average Bonchev–Trinajstić information content (AvgIpc) is 3.18. The van der Waals surface area contributed by atoms with E-state index in [1.807, 2.05) is 6.08 Å². The molecule has 1 aliphatic heterocycles. The molecule has 0 saturated carbocycles. The maximum atomic E-state index is 12.3. The van der Waals surface area contributed by atoms with Gasteiger partial charge in [-0.1, -0.05) is 6.08 Å². The number of rotatable bonds is 6. The van der Waals surface area contributed by atoms with E-state index in [1.165, 1.54) is 0 Å². The van der Waals surface area contributed by atoms with Crippen LogP contribution in [-0.2, 0) is 6.61 Å². The number of carbonyl (C=O) groups excluding carboxylic acids is 1. The molecule has 2 heterocycles. The molecule has 0 bridgehead atoms. The highest BCUT2D eigenvalue weighted by Gasteiger charge is 2.22. The van der Waals surface area contributed by atoms with Crippen molar-refractivity contribution in [2.45, 2.75) is 13.0 Å². The Labute approximate surface area is 135 Å². The number of likely N-dealkylation sites (tertiary alicyclic amines) is 1. The van der Waals surface area contributed by atoms with Crippen LogP contribution in [0.2, 0.25) is 0 Å². The van der Waals surface area contributed by atoms with Crippen molar-refractivity contribution in [3.8, 4) is 0 Å². The molecule has 0 aliphatic carbocycles. The van der Waals surface area contributed by atoms with E-state index in [1.54, 1.807) is 18.2 Å². The number of aromatic nitrogens is 2. The van der Waals surface area contributed by atoms with Crippen LogP contribution in [0.4, 0.5) is 0 Å². The first-order valence-corrected chi connectivity index (χ1v) is 7.90. The molecule has 1 saturated heterocycles. The summed E-state index contributed by atoms with van der Waals surface area (Å²) >= 11 is 0. The number of hydrogen-bond acceptors (Lipinski definition) is 4. The van der Waals surface area contributed by atoms with Crippen LogP contribution in [-0.4, -0.2) is 52.1 Å². The van der Waals surface area contributed by atoms with Crippen molar-refractivity contribution in [2.24, 2.45) is 5.92 Å². The molecular formula is C17H22N4O2. The minimum atomic E-state index is -0.140. The minimum absolute atomic E-state index is 0.0748. The molecule has 122 valence electrons. The summed E-state index contributed by atoms with van der Waals surface area (Å²) in [6.07, 6.45) is 3.02. The summed E-state index contributed by atoms with van der Waals surface area (Å²) in [6, 6.07) is 5.33. The number of amides is 1. The quantitative estimate of drug-likeness (QED) is 0.702. The number of nitrogens with one attached hydrogen (secondary N) is 2. The molecule has 3 rings (SSSR count). The van der Waals surface area contributed by atoms with E-state index in [-0.39, 0.29) is 12.5 Å². The topological polar surface area (TPSA) is 81.2 Å². The normalized spacial score (nSPS) is 18.4. The lowest BCUT2D eigenvalue weighted by atomic mass is 10.1. The summed E-state index contributed by atoms with van der Waals surface area (Å²) in [6.45, 7) is 7.29. The Hall–Kier alpha value is -2.18. The molecule has 1 amide bonds. The van der Waals surface area contributed by atoms with Crippen LogP contribution in [0.3, 0.4) is 0 Å². The van der Waals surface area contributed by atoms with Gasteiger partial charge in [-0.05, 0) is 37.1 Å². The molecule has 1 aromatic carbocycles. The van der Waals surface area contributed by atoms with Gasteiger partial charge < -0.3 is 15.4 Å². The van der Waals surface area contributed by atoms with Crippen molar-refractivity contribution in [1.82, 2.24) is 20.2 Å². The van der Waals surface area contributed by atoms with E-state index in [0.717, 1.165) is 37.1 Å². The Kier molecular flexibility index (Phi) is 4.73. The van der Waals surface area contributed by atoms with Gasteiger partial charge in [0.2, 0.25) is 0 Å². The van der Waals surface area contributed by atoms with Crippen LogP contribution in [0.1, 0.15) is 22.6 Å². The van der Waals surface area contributed by atoms with Gasteiger partial charge >= 0.3 is 0 Å². The highest BCUT2D eigenvalue weighted by molar-refractivity contribution is 5.97. The molecule has 1 aromatic heterocycles. The van der Waals surface area contributed by atoms with Gasteiger partial charge in [-0.15, -0.1) is 6.58 Å². The van der Waals surface area contributed by atoms with Crippen LogP contribution in [0.15, 0.2) is 30.9 Å². The van der Waals surface area contributed by atoms with Crippen molar-refractivity contribution in [1.29, 1.82) is 0 Å². The smallest absolute Gasteiger partial charge is 0.251 e. The number of aliphatic hydroxyl groups excluding tert-OH is 1. The number of carbonyl (C=O) groups is 1. The monoisotopic (exact) mass is 314 g/mol. The average molecular weight is 314 g/mol. The summed E-state index contributed by atoms with van der Waals surface area (Å²) in [5, 5.41) is 12.1. The van der Waals surface area contributed by atoms with Crippen molar-refractivity contribution >= 4 is 16.9 Å². The van der Waals surface area contributed by atoms with Crippen molar-refractivity contribution < 1.29 is 9.90 Å². The highest BCUT2D eigenvalue weighted by atomic mass is 16.3. The minimum Gasteiger partial charge on any atom is -0.388 e. The fourth-order valence-corrected chi connectivity index (χ4v) is 3.05. The van der Waals surface area contributed by atoms with Gasteiger partial charge in [-0.25, -0.2) is 4.98 Å². The van der Waals surface area contributed by atoms with E-state index in [4.69, 9.17) is 5.11 Å². The van der Waals surface area contributed by atoms with E-state index in [0.29, 0.717) is 23.9 Å². The Morgan fingerprint density at radius 1 is 1.57 bits per heavy atom. The summed E-state index contributed by atoms with van der Waals surface area (Å²) < 4.78 is 0. The molecular weight excluding hydrogens is 292 g/mol. The lowest BCUT2D eigenvalue weighted by Crippen LogP contribution is -2.31. The molecule has 6 heteroatoms. The predicted molar refractivity (Wildman–Crippen MR) is 89.1 cm³/mol. The number of aromatic amines is 1. The van der Waals surface area contributed by atoms with Crippen LogP contribution >= 0.6 is 0 Å². The summed E-state index contributed by atoms with van der Waals surface area (Å²) in [7, 11) is 0. The zero-order valence-electron chi connectivity index (χ0n) is 13.1. The van der Waals surface area contributed by atoms with Gasteiger partial charge in [0.15, 0.2) is 0 Å². The van der Waals surface area contributed by atoms with Gasteiger partial charge in [0.05, 0.1) is 11.0 Å². The molecule has 6 nitrogen and oxygen atoms in total. The lowest BCUT2D eigenvalue weighted by Gasteiger charge is -2.14. The molecule has 1 fully saturated rings. The second-order valence-electron chi connectivity index (χ2n) is 5.99. The number of imidazole rings is 1. The van der Waals surface area contributed by atoms with Gasteiger partial charge in [0, 0.05) is 25.2 Å². The fraction of sp³-hybridized carbons (Fsp3) is 0.412. The first-order valence-electron chi connectivity index (χ1n) is 7.90. The summed E-state index contributed by atoms with van der Waals surface area (Å²) in [5.41, 5.74) is 2.12. The largest absolute Gasteiger partial charge is 0.388 e.